The predicted molar refractivity (Wildman–Crippen MR) is 89.7 cm³/mol. The van der Waals surface area contributed by atoms with Crippen molar-refractivity contribution in [3.63, 3.8) is 0 Å². The van der Waals surface area contributed by atoms with Crippen LogP contribution in [0.4, 0.5) is 5.69 Å². The van der Waals surface area contributed by atoms with Gasteiger partial charge in [-0.1, -0.05) is 31.5 Å². The zero-order chi connectivity index (χ0) is 13.7. The van der Waals surface area contributed by atoms with Gasteiger partial charge in [0.15, 0.2) is 0 Å². The minimum absolute atomic E-state index is 0. The zero-order valence-electron chi connectivity index (χ0n) is 12.2. The van der Waals surface area contributed by atoms with Crippen molar-refractivity contribution in [1.29, 1.82) is 0 Å². The SMILES string of the molecule is CCC[C@H](c1ccccc1[N+](=O)[O-])N1CCNCC1.Cl.Cl. The van der Waals surface area contributed by atoms with Gasteiger partial charge in [0.1, 0.15) is 0 Å². The van der Waals surface area contributed by atoms with E-state index in [4.69, 9.17) is 0 Å². The highest BCUT2D eigenvalue weighted by Crippen LogP contribution is 2.32. The first-order chi connectivity index (χ1) is 9.24. The highest BCUT2D eigenvalue weighted by atomic mass is 35.5. The zero-order valence-corrected chi connectivity index (χ0v) is 13.8. The normalized spacial score (nSPS) is 16.4. The van der Waals surface area contributed by atoms with Gasteiger partial charge in [0.05, 0.1) is 4.92 Å². The van der Waals surface area contributed by atoms with Crippen molar-refractivity contribution >= 4 is 30.5 Å². The maximum absolute atomic E-state index is 11.2. The summed E-state index contributed by atoms with van der Waals surface area (Å²) in [4.78, 5) is 13.3. The van der Waals surface area contributed by atoms with Gasteiger partial charge in [-0.2, -0.15) is 0 Å². The molecular formula is C14H23Cl2N3O2. The van der Waals surface area contributed by atoms with Crippen molar-refractivity contribution in [3.05, 3.63) is 39.9 Å². The van der Waals surface area contributed by atoms with E-state index in [1.165, 1.54) is 0 Å². The van der Waals surface area contributed by atoms with E-state index in [1.807, 2.05) is 12.1 Å². The number of rotatable bonds is 5. The van der Waals surface area contributed by atoms with E-state index >= 15 is 0 Å². The fraction of sp³-hybridized carbons (Fsp3) is 0.571. The fourth-order valence-corrected chi connectivity index (χ4v) is 2.74. The number of para-hydroxylation sites is 1. The first kappa shape index (κ1) is 20.1. The number of hydrogen-bond donors (Lipinski definition) is 1. The van der Waals surface area contributed by atoms with Crippen LogP contribution in [0, 0.1) is 10.1 Å². The second kappa shape index (κ2) is 9.95. The molecule has 1 N–H and O–H groups in total. The van der Waals surface area contributed by atoms with Crippen molar-refractivity contribution in [3.8, 4) is 0 Å². The number of nitro groups is 1. The minimum Gasteiger partial charge on any atom is -0.314 e. The van der Waals surface area contributed by atoms with Gasteiger partial charge in [0.25, 0.3) is 5.69 Å². The molecule has 1 heterocycles. The third-order valence-electron chi connectivity index (χ3n) is 3.65. The van der Waals surface area contributed by atoms with Crippen LogP contribution < -0.4 is 5.32 Å². The number of nitrogens with one attached hydrogen (secondary N) is 1. The van der Waals surface area contributed by atoms with Crippen molar-refractivity contribution in [2.24, 2.45) is 0 Å². The second-order valence-electron chi connectivity index (χ2n) is 4.91. The molecule has 0 aromatic heterocycles. The van der Waals surface area contributed by atoms with Gasteiger partial charge in [-0.15, -0.1) is 24.8 Å². The summed E-state index contributed by atoms with van der Waals surface area (Å²) in [6.45, 7) is 5.96. The summed E-state index contributed by atoms with van der Waals surface area (Å²) in [6.07, 6.45) is 1.99. The predicted octanol–water partition coefficient (Wildman–Crippen LogP) is 3.18. The molecule has 7 heteroatoms. The fourth-order valence-electron chi connectivity index (χ4n) is 2.74. The van der Waals surface area contributed by atoms with E-state index in [2.05, 4.69) is 17.1 Å². The summed E-state index contributed by atoms with van der Waals surface area (Å²) in [6, 6.07) is 7.31. The summed E-state index contributed by atoms with van der Waals surface area (Å²) in [5, 5.41) is 14.5. The third kappa shape index (κ3) is 5.11. The first-order valence-electron chi connectivity index (χ1n) is 6.92. The van der Waals surface area contributed by atoms with Gasteiger partial charge >= 0.3 is 0 Å². The Kier molecular flexibility index (Phi) is 9.53. The van der Waals surface area contributed by atoms with E-state index in [-0.39, 0.29) is 41.5 Å². The van der Waals surface area contributed by atoms with Crippen molar-refractivity contribution < 1.29 is 4.92 Å². The molecule has 0 radical (unpaired) electrons. The topological polar surface area (TPSA) is 58.4 Å². The lowest BCUT2D eigenvalue weighted by Crippen LogP contribution is -2.45. The van der Waals surface area contributed by atoms with Gasteiger partial charge in [-0.05, 0) is 6.42 Å². The molecule has 1 aliphatic heterocycles. The summed E-state index contributed by atoms with van der Waals surface area (Å²) in [5.74, 6) is 0. The van der Waals surface area contributed by atoms with E-state index in [1.54, 1.807) is 12.1 Å². The molecule has 0 spiro atoms. The summed E-state index contributed by atoms with van der Waals surface area (Å²) in [5.41, 5.74) is 1.11. The maximum atomic E-state index is 11.2. The Morgan fingerprint density at radius 2 is 1.90 bits per heavy atom. The summed E-state index contributed by atoms with van der Waals surface area (Å²) >= 11 is 0. The highest BCUT2D eigenvalue weighted by molar-refractivity contribution is 5.85. The maximum Gasteiger partial charge on any atom is 0.274 e. The molecule has 1 saturated heterocycles. The molecule has 21 heavy (non-hydrogen) atoms. The van der Waals surface area contributed by atoms with E-state index < -0.39 is 0 Å². The van der Waals surface area contributed by atoms with Gasteiger partial charge in [-0.3, -0.25) is 15.0 Å². The summed E-state index contributed by atoms with van der Waals surface area (Å²) in [7, 11) is 0. The van der Waals surface area contributed by atoms with E-state index in [0.717, 1.165) is 44.6 Å². The molecule has 0 bridgehead atoms. The van der Waals surface area contributed by atoms with Crippen LogP contribution in [0.5, 0.6) is 0 Å². The number of benzene rings is 1. The van der Waals surface area contributed by atoms with Crippen LogP contribution in [0.1, 0.15) is 31.4 Å². The Balaban J connectivity index is 0.00000200. The van der Waals surface area contributed by atoms with Gasteiger partial charge in [0.2, 0.25) is 0 Å². The Labute approximate surface area is 138 Å². The van der Waals surface area contributed by atoms with Crippen LogP contribution in [0.25, 0.3) is 0 Å². The lowest BCUT2D eigenvalue weighted by molar-refractivity contribution is -0.386. The molecule has 1 aliphatic rings. The average Bonchev–Trinajstić information content (AvgIpc) is 2.45. The molecule has 1 fully saturated rings. The first-order valence-corrected chi connectivity index (χ1v) is 6.92. The Morgan fingerprint density at radius 1 is 1.29 bits per heavy atom. The molecule has 5 nitrogen and oxygen atoms in total. The van der Waals surface area contributed by atoms with Crippen molar-refractivity contribution in [2.45, 2.75) is 25.8 Å². The Bertz CT molecular complexity index is 440. The van der Waals surface area contributed by atoms with Crippen LogP contribution in [0.15, 0.2) is 24.3 Å². The number of nitro benzene ring substituents is 1. The quantitative estimate of drug-likeness (QED) is 0.663. The van der Waals surface area contributed by atoms with Crippen molar-refractivity contribution in [1.82, 2.24) is 10.2 Å². The molecular weight excluding hydrogens is 313 g/mol. The van der Waals surface area contributed by atoms with Gasteiger partial charge in [0, 0.05) is 43.9 Å². The van der Waals surface area contributed by atoms with Crippen LogP contribution in [0.2, 0.25) is 0 Å². The molecule has 2 rings (SSSR count). The number of hydrogen-bond acceptors (Lipinski definition) is 4. The Morgan fingerprint density at radius 3 is 2.48 bits per heavy atom. The lowest BCUT2D eigenvalue weighted by Gasteiger charge is -2.34. The molecule has 0 amide bonds. The van der Waals surface area contributed by atoms with E-state index in [0.29, 0.717) is 0 Å². The number of nitrogens with zero attached hydrogens (tertiary/aromatic N) is 2. The lowest BCUT2D eigenvalue weighted by atomic mass is 9.98. The molecule has 0 unspecified atom stereocenters. The Hall–Kier alpha value is -0.880. The number of halogens is 2. The largest absolute Gasteiger partial charge is 0.314 e. The number of piperazine rings is 1. The van der Waals surface area contributed by atoms with Gasteiger partial charge < -0.3 is 5.32 Å². The van der Waals surface area contributed by atoms with Crippen LogP contribution in [-0.4, -0.2) is 36.0 Å². The van der Waals surface area contributed by atoms with Crippen LogP contribution >= 0.6 is 24.8 Å². The molecule has 1 aromatic carbocycles. The minimum atomic E-state index is -0.264. The molecule has 1 atom stereocenters. The van der Waals surface area contributed by atoms with Crippen LogP contribution in [-0.2, 0) is 0 Å². The molecule has 0 aliphatic carbocycles. The molecule has 1 aromatic rings. The molecule has 0 saturated carbocycles. The molecule has 120 valence electrons. The van der Waals surface area contributed by atoms with Crippen LogP contribution in [0.3, 0.4) is 0 Å². The monoisotopic (exact) mass is 335 g/mol. The van der Waals surface area contributed by atoms with Gasteiger partial charge in [-0.25, -0.2) is 0 Å². The van der Waals surface area contributed by atoms with Crippen molar-refractivity contribution in [2.75, 3.05) is 26.2 Å². The average molecular weight is 336 g/mol. The third-order valence-corrected chi connectivity index (χ3v) is 3.65. The highest BCUT2D eigenvalue weighted by Gasteiger charge is 2.27. The standard InChI is InChI=1S/C14H21N3O2.2ClH/c1-2-5-13(16-10-8-15-9-11-16)12-6-3-4-7-14(12)17(18)19;;/h3-4,6-7,13,15H,2,5,8-11H2,1H3;2*1H/t13-;;/m1../s1. The van der Waals surface area contributed by atoms with E-state index in [9.17, 15) is 10.1 Å². The smallest absolute Gasteiger partial charge is 0.274 e. The second-order valence-corrected chi connectivity index (χ2v) is 4.91. The summed E-state index contributed by atoms with van der Waals surface area (Å²) < 4.78 is 0.